The summed E-state index contributed by atoms with van der Waals surface area (Å²) < 4.78 is 5.28. The van der Waals surface area contributed by atoms with Gasteiger partial charge in [-0.3, -0.25) is 0 Å². The van der Waals surface area contributed by atoms with Crippen molar-refractivity contribution in [2.45, 2.75) is 38.1 Å². The SMILES string of the molecule is CCN(C(=O)Nc1ccccc1OC)C1(CN)CCCC1. The molecule has 1 aliphatic rings. The molecule has 0 radical (unpaired) electrons. The first-order chi connectivity index (χ1) is 10.2. The molecule has 0 saturated heterocycles. The number of nitrogens with zero attached hydrogens (tertiary/aromatic N) is 1. The van der Waals surface area contributed by atoms with E-state index in [1.165, 1.54) is 0 Å². The van der Waals surface area contributed by atoms with Gasteiger partial charge in [0.2, 0.25) is 0 Å². The number of nitrogens with two attached hydrogens (primary N) is 1. The van der Waals surface area contributed by atoms with Crippen molar-refractivity contribution < 1.29 is 9.53 Å². The van der Waals surface area contributed by atoms with E-state index in [1.807, 2.05) is 36.1 Å². The van der Waals surface area contributed by atoms with E-state index in [0.29, 0.717) is 24.5 Å². The molecule has 0 heterocycles. The number of anilines is 1. The third-order valence-corrected chi connectivity index (χ3v) is 4.40. The average Bonchev–Trinajstić information content (AvgIpc) is 2.98. The van der Waals surface area contributed by atoms with Crippen LogP contribution in [0.4, 0.5) is 10.5 Å². The lowest BCUT2D eigenvalue weighted by atomic mass is 9.95. The monoisotopic (exact) mass is 291 g/mol. The molecule has 0 bridgehead atoms. The van der Waals surface area contributed by atoms with Crippen molar-refractivity contribution >= 4 is 11.7 Å². The van der Waals surface area contributed by atoms with Gasteiger partial charge in [-0.15, -0.1) is 0 Å². The third-order valence-electron chi connectivity index (χ3n) is 4.40. The number of carbonyl (C=O) groups excluding carboxylic acids is 1. The van der Waals surface area contributed by atoms with Gasteiger partial charge in [0.1, 0.15) is 5.75 Å². The Morgan fingerprint density at radius 2 is 2.05 bits per heavy atom. The Bertz CT molecular complexity index is 484. The fourth-order valence-corrected chi connectivity index (χ4v) is 3.24. The summed E-state index contributed by atoms with van der Waals surface area (Å²) >= 11 is 0. The largest absolute Gasteiger partial charge is 0.495 e. The van der Waals surface area contributed by atoms with Crippen LogP contribution in [0.3, 0.4) is 0 Å². The summed E-state index contributed by atoms with van der Waals surface area (Å²) in [4.78, 5) is 14.5. The molecule has 5 heteroatoms. The van der Waals surface area contributed by atoms with Crippen LogP contribution in [-0.2, 0) is 0 Å². The van der Waals surface area contributed by atoms with Crippen molar-refractivity contribution in [3.05, 3.63) is 24.3 Å². The quantitative estimate of drug-likeness (QED) is 0.876. The van der Waals surface area contributed by atoms with Gasteiger partial charge in [-0.2, -0.15) is 0 Å². The highest BCUT2D eigenvalue weighted by Gasteiger charge is 2.40. The van der Waals surface area contributed by atoms with Crippen molar-refractivity contribution in [1.82, 2.24) is 4.90 Å². The van der Waals surface area contributed by atoms with Crippen LogP contribution in [0, 0.1) is 0 Å². The molecule has 0 aromatic heterocycles. The van der Waals surface area contributed by atoms with Gasteiger partial charge in [0.15, 0.2) is 0 Å². The molecule has 0 atom stereocenters. The predicted octanol–water partition coefficient (Wildman–Crippen LogP) is 2.82. The van der Waals surface area contributed by atoms with E-state index in [2.05, 4.69) is 5.32 Å². The first kappa shape index (κ1) is 15.6. The molecular weight excluding hydrogens is 266 g/mol. The van der Waals surface area contributed by atoms with Crippen molar-refractivity contribution in [2.75, 3.05) is 25.5 Å². The second-order valence-electron chi connectivity index (χ2n) is 5.51. The number of para-hydroxylation sites is 2. The third kappa shape index (κ3) is 3.13. The van der Waals surface area contributed by atoms with Gasteiger partial charge in [-0.05, 0) is 31.9 Å². The molecule has 2 rings (SSSR count). The molecule has 0 spiro atoms. The van der Waals surface area contributed by atoms with Crippen LogP contribution in [0.2, 0.25) is 0 Å². The highest BCUT2D eigenvalue weighted by atomic mass is 16.5. The number of ether oxygens (including phenoxy) is 1. The summed E-state index contributed by atoms with van der Waals surface area (Å²) in [6.45, 7) is 3.16. The highest BCUT2D eigenvalue weighted by Crippen LogP contribution is 2.35. The Balaban J connectivity index is 2.17. The minimum absolute atomic E-state index is 0.102. The number of carbonyl (C=O) groups is 1. The zero-order valence-electron chi connectivity index (χ0n) is 12.9. The zero-order chi connectivity index (χ0) is 15.3. The summed E-state index contributed by atoms with van der Waals surface area (Å²) in [5, 5.41) is 2.95. The molecule has 1 fully saturated rings. The van der Waals surface area contributed by atoms with Gasteiger partial charge in [0, 0.05) is 13.1 Å². The molecule has 3 N–H and O–H groups in total. The second kappa shape index (κ2) is 6.80. The average molecular weight is 291 g/mol. The standard InChI is InChI=1S/C16H25N3O2/c1-3-19(16(12-17)10-6-7-11-16)15(20)18-13-8-4-5-9-14(13)21-2/h4-5,8-9H,3,6-7,10-12,17H2,1-2H3,(H,18,20). The van der Waals surface area contributed by atoms with Gasteiger partial charge in [0.05, 0.1) is 18.3 Å². The van der Waals surface area contributed by atoms with Crippen molar-refractivity contribution in [2.24, 2.45) is 5.73 Å². The molecular formula is C16H25N3O2. The molecule has 5 nitrogen and oxygen atoms in total. The van der Waals surface area contributed by atoms with E-state index < -0.39 is 0 Å². The minimum Gasteiger partial charge on any atom is -0.495 e. The van der Waals surface area contributed by atoms with Crippen LogP contribution < -0.4 is 15.8 Å². The normalized spacial score (nSPS) is 16.5. The summed E-state index contributed by atoms with van der Waals surface area (Å²) in [7, 11) is 1.60. The van der Waals surface area contributed by atoms with Crippen molar-refractivity contribution in [3.8, 4) is 5.75 Å². The number of hydrogen-bond acceptors (Lipinski definition) is 3. The van der Waals surface area contributed by atoms with Gasteiger partial charge in [-0.25, -0.2) is 4.79 Å². The maximum atomic E-state index is 12.7. The topological polar surface area (TPSA) is 67.6 Å². The second-order valence-corrected chi connectivity index (χ2v) is 5.51. The lowest BCUT2D eigenvalue weighted by Crippen LogP contribution is -2.55. The van der Waals surface area contributed by atoms with Crippen molar-refractivity contribution in [1.29, 1.82) is 0 Å². The maximum absolute atomic E-state index is 12.7. The summed E-state index contributed by atoms with van der Waals surface area (Å²) in [5.41, 5.74) is 6.48. The van der Waals surface area contributed by atoms with Gasteiger partial charge in [-0.1, -0.05) is 25.0 Å². The Morgan fingerprint density at radius 3 is 2.62 bits per heavy atom. The van der Waals surface area contributed by atoms with Crippen LogP contribution in [-0.4, -0.2) is 36.7 Å². The first-order valence-electron chi connectivity index (χ1n) is 7.58. The smallest absolute Gasteiger partial charge is 0.322 e. The number of amides is 2. The van der Waals surface area contributed by atoms with Crippen LogP contribution in [0.5, 0.6) is 5.75 Å². The molecule has 116 valence electrons. The molecule has 1 saturated carbocycles. The Hall–Kier alpha value is -1.75. The van der Waals surface area contributed by atoms with Gasteiger partial charge < -0.3 is 20.7 Å². The number of methoxy groups -OCH3 is 1. The maximum Gasteiger partial charge on any atom is 0.322 e. The molecule has 1 aliphatic carbocycles. The molecule has 21 heavy (non-hydrogen) atoms. The zero-order valence-corrected chi connectivity index (χ0v) is 12.9. The minimum atomic E-state index is -0.194. The Labute approximate surface area is 126 Å². The summed E-state index contributed by atoms with van der Waals surface area (Å²) in [6, 6.07) is 7.33. The Morgan fingerprint density at radius 1 is 1.38 bits per heavy atom. The molecule has 1 aromatic carbocycles. The molecule has 0 unspecified atom stereocenters. The molecule has 0 aliphatic heterocycles. The number of hydrogen-bond donors (Lipinski definition) is 2. The molecule has 2 amide bonds. The number of benzene rings is 1. The number of nitrogens with one attached hydrogen (secondary N) is 1. The van der Waals surface area contributed by atoms with E-state index in [9.17, 15) is 4.79 Å². The highest BCUT2D eigenvalue weighted by molar-refractivity contribution is 5.91. The van der Waals surface area contributed by atoms with Crippen LogP contribution in [0.15, 0.2) is 24.3 Å². The van der Waals surface area contributed by atoms with Gasteiger partial charge in [0.25, 0.3) is 0 Å². The lowest BCUT2D eigenvalue weighted by Gasteiger charge is -2.40. The fraction of sp³-hybridized carbons (Fsp3) is 0.562. The van der Waals surface area contributed by atoms with Gasteiger partial charge >= 0.3 is 6.03 Å². The van der Waals surface area contributed by atoms with E-state index >= 15 is 0 Å². The Kier molecular flexibility index (Phi) is 5.07. The number of urea groups is 1. The molecule has 1 aromatic rings. The summed E-state index contributed by atoms with van der Waals surface area (Å²) in [6.07, 6.45) is 4.23. The van der Waals surface area contributed by atoms with E-state index in [1.54, 1.807) is 7.11 Å². The number of likely N-dealkylation sites (N-methyl/N-ethyl adjacent to an activating group) is 1. The fourth-order valence-electron chi connectivity index (χ4n) is 3.24. The van der Waals surface area contributed by atoms with Crippen LogP contribution >= 0.6 is 0 Å². The van der Waals surface area contributed by atoms with E-state index in [4.69, 9.17) is 10.5 Å². The summed E-state index contributed by atoms with van der Waals surface area (Å²) in [5.74, 6) is 0.662. The van der Waals surface area contributed by atoms with E-state index in [-0.39, 0.29) is 11.6 Å². The lowest BCUT2D eigenvalue weighted by molar-refractivity contribution is 0.134. The first-order valence-corrected chi connectivity index (χ1v) is 7.58. The number of rotatable bonds is 5. The van der Waals surface area contributed by atoms with Crippen molar-refractivity contribution in [3.63, 3.8) is 0 Å². The van der Waals surface area contributed by atoms with E-state index in [0.717, 1.165) is 25.7 Å². The van der Waals surface area contributed by atoms with Crippen LogP contribution in [0.1, 0.15) is 32.6 Å². The predicted molar refractivity (Wildman–Crippen MR) is 84.6 cm³/mol. The van der Waals surface area contributed by atoms with Crippen LogP contribution in [0.25, 0.3) is 0 Å².